The number of fused-ring (bicyclic) bond motifs is 1. The van der Waals surface area contributed by atoms with Crippen LogP contribution in [0.2, 0.25) is 0 Å². The first-order valence-electron chi connectivity index (χ1n) is 8.97. The van der Waals surface area contributed by atoms with Crippen LogP contribution in [0.25, 0.3) is 0 Å². The Bertz CT molecular complexity index is 687. The molecule has 1 fully saturated rings. The van der Waals surface area contributed by atoms with Crippen LogP contribution in [0.3, 0.4) is 0 Å². The van der Waals surface area contributed by atoms with E-state index in [-0.39, 0.29) is 0 Å². The molecule has 1 unspecified atom stereocenters. The molecule has 2 aliphatic rings. The lowest BCUT2D eigenvalue weighted by Gasteiger charge is -2.20. The summed E-state index contributed by atoms with van der Waals surface area (Å²) in [6, 6.07) is 0.578. The molecule has 2 aromatic heterocycles. The average Bonchev–Trinajstić information content (AvgIpc) is 3.27. The van der Waals surface area contributed by atoms with Gasteiger partial charge in [0.25, 0.3) is 0 Å². The molecule has 5 nitrogen and oxygen atoms in total. The highest BCUT2D eigenvalue weighted by Gasteiger charge is 2.28. The maximum absolute atomic E-state index is 5.38. The molecule has 0 N–H and O–H groups in total. The molecule has 5 heteroatoms. The molecule has 0 amide bonds. The number of nitrogens with zero attached hydrogens (tertiary/aromatic N) is 4. The number of aromatic nitrogens is 3. The average molecular weight is 314 g/mol. The number of imidazole rings is 1. The smallest absolute Gasteiger partial charge is 0.138 e. The first-order chi connectivity index (χ1) is 11.3. The van der Waals surface area contributed by atoms with Crippen molar-refractivity contribution in [3.8, 4) is 0 Å². The van der Waals surface area contributed by atoms with Crippen LogP contribution < -0.4 is 0 Å². The maximum atomic E-state index is 5.38. The van der Waals surface area contributed by atoms with Crippen molar-refractivity contribution in [2.75, 3.05) is 13.1 Å². The molecule has 1 aliphatic carbocycles. The number of rotatable bonds is 4. The summed E-state index contributed by atoms with van der Waals surface area (Å²) < 4.78 is 7.85. The van der Waals surface area contributed by atoms with Gasteiger partial charge in [-0.05, 0) is 45.4 Å². The van der Waals surface area contributed by atoms with E-state index in [1.54, 1.807) is 0 Å². The van der Waals surface area contributed by atoms with Gasteiger partial charge in [-0.25, -0.2) is 4.98 Å². The van der Waals surface area contributed by atoms with Gasteiger partial charge in [-0.2, -0.15) is 0 Å². The Balaban J connectivity index is 1.47. The minimum Gasteiger partial charge on any atom is -0.361 e. The van der Waals surface area contributed by atoms with Gasteiger partial charge in [0.1, 0.15) is 5.76 Å². The lowest BCUT2D eigenvalue weighted by molar-refractivity contribution is 0.311. The Kier molecular flexibility index (Phi) is 3.97. The zero-order valence-electron chi connectivity index (χ0n) is 14.2. The molecule has 1 aliphatic heterocycles. The molecule has 3 heterocycles. The van der Waals surface area contributed by atoms with Gasteiger partial charge in [-0.1, -0.05) is 12.1 Å². The van der Waals surface area contributed by atoms with Crippen molar-refractivity contribution >= 4 is 0 Å². The first kappa shape index (κ1) is 14.9. The number of aryl methyl sites for hydroxylation is 3. The minimum absolute atomic E-state index is 0.578. The SMILES string of the molecule is CCc1noc(C)c1CN1CCC(n2cnc3c2CCCC3)C1. The van der Waals surface area contributed by atoms with Gasteiger partial charge >= 0.3 is 0 Å². The van der Waals surface area contributed by atoms with Crippen molar-refractivity contribution in [3.05, 3.63) is 34.7 Å². The van der Waals surface area contributed by atoms with E-state index in [1.807, 2.05) is 6.92 Å². The molecule has 0 spiro atoms. The van der Waals surface area contributed by atoms with Gasteiger partial charge in [-0.15, -0.1) is 0 Å². The third-order valence-electron chi connectivity index (χ3n) is 5.48. The zero-order chi connectivity index (χ0) is 15.8. The molecule has 124 valence electrons. The summed E-state index contributed by atoms with van der Waals surface area (Å²) in [5.41, 5.74) is 5.25. The van der Waals surface area contributed by atoms with Crippen molar-refractivity contribution in [2.24, 2.45) is 0 Å². The molecular weight excluding hydrogens is 288 g/mol. The quantitative estimate of drug-likeness (QED) is 0.870. The van der Waals surface area contributed by atoms with Gasteiger partial charge in [0, 0.05) is 36.9 Å². The Morgan fingerprint density at radius 2 is 2.17 bits per heavy atom. The Labute approximate surface area is 137 Å². The molecule has 0 aromatic carbocycles. The number of likely N-dealkylation sites (tertiary alicyclic amines) is 1. The van der Waals surface area contributed by atoms with E-state index in [0.29, 0.717) is 6.04 Å². The highest BCUT2D eigenvalue weighted by Crippen LogP contribution is 2.29. The standard InChI is InChI=1S/C18H26N4O/c1-3-16-15(13(2)23-20-16)11-21-9-8-14(10-21)22-12-19-17-6-4-5-7-18(17)22/h12,14H,3-11H2,1-2H3. The lowest BCUT2D eigenvalue weighted by Crippen LogP contribution is -2.22. The van der Waals surface area contributed by atoms with Crippen LogP contribution in [0, 0.1) is 6.92 Å². The molecule has 0 bridgehead atoms. The highest BCUT2D eigenvalue weighted by molar-refractivity contribution is 5.22. The summed E-state index contributed by atoms with van der Waals surface area (Å²) in [5.74, 6) is 0.977. The van der Waals surface area contributed by atoms with Gasteiger partial charge in [-0.3, -0.25) is 4.90 Å². The Hall–Kier alpha value is -1.62. The Morgan fingerprint density at radius 1 is 1.30 bits per heavy atom. The van der Waals surface area contributed by atoms with E-state index in [9.17, 15) is 0 Å². The second kappa shape index (κ2) is 6.11. The predicted molar refractivity (Wildman–Crippen MR) is 88.4 cm³/mol. The number of hydrogen-bond donors (Lipinski definition) is 0. The van der Waals surface area contributed by atoms with E-state index in [1.165, 1.54) is 49.1 Å². The van der Waals surface area contributed by atoms with Crippen molar-refractivity contribution in [1.82, 2.24) is 19.6 Å². The fourth-order valence-electron chi connectivity index (χ4n) is 4.13. The van der Waals surface area contributed by atoms with Crippen molar-refractivity contribution in [3.63, 3.8) is 0 Å². The summed E-state index contributed by atoms with van der Waals surface area (Å²) in [4.78, 5) is 7.20. The molecule has 0 saturated carbocycles. The monoisotopic (exact) mass is 314 g/mol. The number of hydrogen-bond acceptors (Lipinski definition) is 4. The largest absolute Gasteiger partial charge is 0.361 e. The molecule has 1 atom stereocenters. The summed E-state index contributed by atoms with van der Waals surface area (Å²) in [6.07, 6.45) is 9.23. The van der Waals surface area contributed by atoms with Crippen LogP contribution in [-0.4, -0.2) is 32.7 Å². The zero-order valence-corrected chi connectivity index (χ0v) is 14.2. The lowest BCUT2D eigenvalue weighted by atomic mass is 10.0. The van der Waals surface area contributed by atoms with E-state index >= 15 is 0 Å². The summed E-state index contributed by atoms with van der Waals surface area (Å²) >= 11 is 0. The molecule has 4 rings (SSSR count). The molecular formula is C18H26N4O. The van der Waals surface area contributed by atoms with Crippen LogP contribution in [-0.2, 0) is 25.8 Å². The van der Waals surface area contributed by atoms with Crippen LogP contribution in [0.4, 0.5) is 0 Å². The van der Waals surface area contributed by atoms with E-state index in [4.69, 9.17) is 4.52 Å². The normalized spacial score (nSPS) is 21.7. The van der Waals surface area contributed by atoms with Crippen LogP contribution in [0.1, 0.15) is 60.6 Å². The molecule has 2 aromatic rings. The van der Waals surface area contributed by atoms with E-state index in [2.05, 4.69) is 32.9 Å². The third kappa shape index (κ3) is 2.71. The minimum atomic E-state index is 0.578. The van der Waals surface area contributed by atoms with Crippen LogP contribution >= 0.6 is 0 Å². The van der Waals surface area contributed by atoms with Gasteiger partial charge in [0.2, 0.25) is 0 Å². The van der Waals surface area contributed by atoms with Gasteiger partial charge in [0.15, 0.2) is 0 Å². The van der Waals surface area contributed by atoms with E-state index in [0.717, 1.165) is 37.5 Å². The van der Waals surface area contributed by atoms with Crippen LogP contribution in [0.5, 0.6) is 0 Å². The summed E-state index contributed by atoms with van der Waals surface area (Å²) in [5, 5.41) is 4.19. The summed E-state index contributed by atoms with van der Waals surface area (Å²) in [6.45, 7) is 7.39. The van der Waals surface area contributed by atoms with Crippen molar-refractivity contribution in [2.45, 2.75) is 65.0 Å². The van der Waals surface area contributed by atoms with Crippen molar-refractivity contribution in [1.29, 1.82) is 0 Å². The predicted octanol–water partition coefficient (Wildman–Crippen LogP) is 3.07. The first-order valence-corrected chi connectivity index (χ1v) is 8.97. The Morgan fingerprint density at radius 3 is 3.04 bits per heavy atom. The third-order valence-corrected chi connectivity index (χ3v) is 5.48. The molecule has 23 heavy (non-hydrogen) atoms. The highest BCUT2D eigenvalue weighted by atomic mass is 16.5. The topological polar surface area (TPSA) is 47.1 Å². The summed E-state index contributed by atoms with van der Waals surface area (Å²) in [7, 11) is 0. The van der Waals surface area contributed by atoms with Crippen LogP contribution in [0.15, 0.2) is 10.9 Å². The molecule has 0 radical (unpaired) electrons. The fourth-order valence-corrected chi connectivity index (χ4v) is 4.13. The second-order valence-electron chi connectivity index (χ2n) is 6.95. The second-order valence-corrected chi connectivity index (χ2v) is 6.95. The van der Waals surface area contributed by atoms with E-state index < -0.39 is 0 Å². The van der Waals surface area contributed by atoms with Crippen molar-refractivity contribution < 1.29 is 4.52 Å². The van der Waals surface area contributed by atoms with Gasteiger partial charge in [0.05, 0.1) is 17.7 Å². The fraction of sp³-hybridized carbons (Fsp3) is 0.667. The maximum Gasteiger partial charge on any atom is 0.138 e. The molecule has 1 saturated heterocycles. The van der Waals surface area contributed by atoms with Gasteiger partial charge < -0.3 is 9.09 Å².